The van der Waals surface area contributed by atoms with E-state index >= 15 is 0 Å². The molecule has 1 N–H and O–H groups in total. The third-order valence-corrected chi connectivity index (χ3v) is 4.46. The van der Waals surface area contributed by atoms with Gasteiger partial charge in [-0.1, -0.05) is 29.8 Å². The molecule has 1 atom stereocenters. The van der Waals surface area contributed by atoms with Crippen molar-refractivity contribution in [2.75, 3.05) is 13.1 Å². The number of rotatable bonds is 8. The van der Waals surface area contributed by atoms with Gasteiger partial charge >= 0.3 is 5.97 Å². The maximum absolute atomic E-state index is 12.4. The number of aliphatic carboxylic acids is 1. The summed E-state index contributed by atoms with van der Waals surface area (Å²) in [5.41, 5.74) is 1.63. The van der Waals surface area contributed by atoms with E-state index in [1.807, 2.05) is 38.1 Å². The summed E-state index contributed by atoms with van der Waals surface area (Å²) in [5, 5.41) is 14.3. The van der Waals surface area contributed by atoms with Gasteiger partial charge in [0, 0.05) is 24.3 Å². The fourth-order valence-corrected chi connectivity index (χ4v) is 2.87. The number of benzene rings is 1. The van der Waals surface area contributed by atoms with Crippen molar-refractivity contribution in [2.24, 2.45) is 5.92 Å². The number of hydrogen-bond donors (Lipinski definition) is 1. The Kier molecular flexibility index (Phi) is 6.58. The van der Waals surface area contributed by atoms with Gasteiger partial charge in [-0.25, -0.2) is 0 Å². The monoisotopic (exact) mass is 363 g/mol. The molecule has 0 saturated carbocycles. The van der Waals surface area contributed by atoms with Crippen LogP contribution in [0, 0.1) is 5.92 Å². The van der Waals surface area contributed by atoms with Crippen molar-refractivity contribution in [3.8, 4) is 0 Å². The van der Waals surface area contributed by atoms with Gasteiger partial charge in [-0.3, -0.25) is 14.3 Å². The zero-order valence-electron chi connectivity index (χ0n) is 14.4. The van der Waals surface area contributed by atoms with Crippen molar-refractivity contribution < 1.29 is 14.7 Å². The van der Waals surface area contributed by atoms with E-state index < -0.39 is 11.9 Å². The summed E-state index contributed by atoms with van der Waals surface area (Å²) in [6, 6.07) is 7.48. The Morgan fingerprint density at radius 3 is 2.56 bits per heavy atom. The number of carboxylic acid groups (broad SMARTS) is 1. The minimum Gasteiger partial charge on any atom is -0.481 e. The number of halogens is 1. The smallest absolute Gasteiger partial charge is 0.316 e. The molecule has 0 spiro atoms. The van der Waals surface area contributed by atoms with E-state index in [0.29, 0.717) is 30.2 Å². The van der Waals surface area contributed by atoms with Crippen LogP contribution in [0.1, 0.15) is 25.0 Å². The van der Waals surface area contributed by atoms with E-state index in [1.54, 1.807) is 17.1 Å². The van der Waals surface area contributed by atoms with Crippen molar-refractivity contribution in [1.29, 1.82) is 0 Å². The second-order valence-electron chi connectivity index (χ2n) is 5.74. The van der Waals surface area contributed by atoms with Gasteiger partial charge in [-0.05, 0) is 37.5 Å². The topological polar surface area (TPSA) is 75.4 Å². The molecule has 134 valence electrons. The molecule has 0 aliphatic rings. The van der Waals surface area contributed by atoms with Crippen LogP contribution in [0.15, 0.2) is 36.7 Å². The highest BCUT2D eigenvalue weighted by atomic mass is 35.5. The molecule has 1 aromatic heterocycles. The lowest BCUT2D eigenvalue weighted by Gasteiger charge is -2.22. The van der Waals surface area contributed by atoms with Crippen LogP contribution in [0.25, 0.3) is 0 Å². The minimum atomic E-state index is -1.12. The Labute approximate surface area is 152 Å². The predicted molar refractivity (Wildman–Crippen MR) is 95.5 cm³/mol. The third-order valence-electron chi connectivity index (χ3n) is 4.09. The molecular weight excluding hydrogens is 342 g/mol. The molecule has 0 radical (unpaired) electrons. The molecule has 1 amide bonds. The molecule has 2 aromatic rings. The van der Waals surface area contributed by atoms with E-state index in [0.717, 1.165) is 5.56 Å². The maximum atomic E-state index is 12.4. The van der Waals surface area contributed by atoms with Crippen LogP contribution in [0.2, 0.25) is 5.02 Å². The van der Waals surface area contributed by atoms with Crippen molar-refractivity contribution in [1.82, 2.24) is 14.7 Å². The lowest BCUT2D eigenvalue weighted by atomic mass is 10.00. The molecule has 0 aliphatic heterocycles. The first-order valence-corrected chi connectivity index (χ1v) is 8.60. The Bertz CT molecular complexity index is 741. The summed E-state index contributed by atoms with van der Waals surface area (Å²) >= 11 is 6.15. The molecule has 1 aromatic carbocycles. The summed E-state index contributed by atoms with van der Waals surface area (Å²) in [7, 11) is 0. The number of carboxylic acids is 1. The van der Waals surface area contributed by atoms with Crippen molar-refractivity contribution in [3.05, 3.63) is 52.8 Å². The fraction of sp³-hybridized carbons (Fsp3) is 0.389. The summed E-state index contributed by atoms with van der Waals surface area (Å²) < 4.78 is 1.69. The summed E-state index contributed by atoms with van der Waals surface area (Å²) in [6.45, 7) is 5.14. The molecule has 1 heterocycles. The minimum absolute atomic E-state index is 0.118. The number of aromatic nitrogens is 2. The quantitative estimate of drug-likeness (QED) is 0.732. The molecule has 2 rings (SSSR count). The largest absolute Gasteiger partial charge is 0.481 e. The van der Waals surface area contributed by atoms with Crippen molar-refractivity contribution in [3.63, 3.8) is 0 Å². The standard InChI is InChI=1S/C18H22ClN3O3/c1-3-21(4-2)17(23)15(18(24)25)9-13-10-20-22(11-13)12-14-7-5-6-8-16(14)19/h5-8,10-11,15H,3-4,9,12H2,1-2H3,(H,24,25). The highest BCUT2D eigenvalue weighted by molar-refractivity contribution is 6.31. The van der Waals surface area contributed by atoms with Gasteiger partial charge in [0.15, 0.2) is 0 Å². The first-order valence-electron chi connectivity index (χ1n) is 8.22. The third kappa shape index (κ3) is 4.82. The van der Waals surface area contributed by atoms with Crippen LogP contribution in [0.5, 0.6) is 0 Å². The van der Waals surface area contributed by atoms with Gasteiger partial charge in [0.2, 0.25) is 5.91 Å². The van der Waals surface area contributed by atoms with Gasteiger partial charge in [-0.15, -0.1) is 0 Å². The lowest BCUT2D eigenvalue weighted by molar-refractivity contribution is -0.150. The second-order valence-corrected chi connectivity index (χ2v) is 6.15. The highest BCUT2D eigenvalue weighted by Gasteiger charge is 2.30. The van der Waals surface area contributed by atoms with Crippen LogP contribution in [0.3, 0.4) is 0 Å². The fourth-order valence-electron chi connectivity index (χ4n) is 2.67. The SMILES string of the molecule is CCN(CC)C(=O)C(Cc1cnn(Cc2ccccc2Cl)c1)C(=O)O. The van der Waals surface area contributed by atoms with Crippen LogP contribution in [-0.4, -0.2) is 44.8 Å². The summed E-state index contributed by atoms with van der Waals surface area (Å²) in [6.07, 6.45) is 3.48. The molecule has 0 bridgehead atoms. The van der Waals surface area contributed by atoms with E-state index in [2.05, 4.69) is 5.10 Å². The molecule has 6 nitrogen and oxygen atoms in total. The molecule has 0 saturated heterocycles. The Morgan fingerprint density at radius 1 is 1.28 bits per heavy atom. The molecule has 25 heavy (non-hydrogen) atoms. The normalized spacial score (nSPS) is 12.0. The van der Waals surface area contributed by atoms with Crippen LogP contribution < -0.4 is 0 Å². The van der Waals surface area contributed by atoms with Gasteiger partial charge in [0.05, 0.1) is 12.7 Å². The van der Waals surface area contributed by atoms with Gasteiger partial charge in [0.1, 0.15) is 5.92 Å². The van der Waals surface area contributed by atoms with Gasteiger partial charge in [0.25, 0.3) is 0 Å². The highest BCUT2D eigenvalue weighted by Crippen LogP contribution is 2.17. The van der Waals surface area contributed by atoms with Gasteiger partial charge in [-0.2, -0.15) is 5.10 Å². The maximum Gasteiger partial charge on any atom is 0.316 e. The zero-order valence-corrected chi connectivity index (χ0v) is 15.1. The number of carbonyl (C=O) groups is 2. The average molecular weight is 364 g/mol. The van der Waals surface area contributed by atoms with Gasteiger partial charge < -0.3 is 10.0 Å². The Morgan fingerprint density at radius 2 is 1.96 bits per heavy atom. The number of nitrogens with zero attached hydrogens (tertiary/aromatic N) is 3. The van der Waals surface area contributed by atoms with E-state index in [4.69, 9.17) is 11.6 Å². The molecular formula is C18H22ClN3O3. The summed E-state index contributed by atoms with van der Waals surface area (Å²) in [5.74, 6) is -2.58. The predicted octanol–water partition coefficient (Wildman–Crippen LogP) is 2.70. The number of hydrogen-bond acceptors (Lipinski definition) is 3. The molecule has 0 fully saturated rings. The van der Waals surface area contributed by atoms with Crippen LogP contribution in [-0.2, 0) is 22.6 Å². The zero-order chi connectivity index (χ0) is 18.4. The lowest BCUT2D eigenvalue weighted by Crippen LogP contribution is -2.40. The molecule has 1 unspecified atom stereocenters. The van der Waals surface area contributed by atoms with E-state index in [1.165, 1.54) is 4.90 Å². The van der Waals surface area contributed by atoms with Crippen LogP contribution >= 0.6 is 11.6 Å². The van der Waals surface area contributed by atoms with E-state index in [-0.39, 0.29) is 12.3 Å². The Hall–Kier alpha value is -2.34. The molecule has 0 aliphatic carbocycles. The van der Waals surface area contributed by atoms with Crippen molar-refractivity contribution in [2.45, 2.75) is 26.8 Å². The number of carbonyl (C=O) groups excluding carboxylic acids is 1. The second kappa shape index (κ2) is 8.67. The first kappa shape index (κ1) is 19.0. The average Bonchev–Trinajstić information content (AvgIpc) is 3.02. The Balaban J connectivity index is 2.11. The van der Waals surface area contributed by atoms with Crippen LogP contribution in [0.4, 0.5) is 0 Å². The molecule has 7 heteroatoms. The van der Waals surface area contributed by atoms with E-state index in [9.17, 15) is 14.7 Å². The number of amides is 1. The first-order chi connectivity index (χ1) is 12.0. The van der Waals surface area contributed by atoms with Crippen molar-refractivity contribution >= 4 is 23.5 Å². The summed E-state index contributed by atoms with van der Waals surface area (Å²) in [4.78, 5) is 25.5.